The molecule has 0 spiro atoms. The van der Waals surface area contributed by atoms with Crippen LogP contribution in [0.4, 0.5) is 0 Å². The molecule has 1 amide bonds. The summed E-state index contributed by atoms with van der Waals surface area (Å²) in [5.74, 6) is -0.282. The monoisotopic (exact) mass is 321 g/mol. The summed E-state index contributed by atoms with van der Waals surface area (Å²) in [7, 11) is 0. The van der Waals surface area contributed by atoms with Crippen LogP contribution in [0.25, 0.3) is 11.0 Å². The highest BCUT2D eigenvalue weighted by Crippen LogP contribution is 2.21. The van der Waals surface area contributed by atoms with Gasteiger partial charge in [-0.05, 0) is 19.1 Å². The van der Waals surface area contributed by atoms with E-state index in [9.17, 15) is 20.1 Å². The number of hydrogen-bond acceptors (Lipinski definition) is 6. The van der Waals surface area contributed by atoms with E-state index in [0.717, 1.165) is 5.39 Å². The first-order valence-corrected chi connectivity index (χ1v) is 7.44. The maximum atomic E-state index is 12.1. The number of para-hydroxylation sites is 1. The summed E-state index contributed by atoms with van der Waals surface area (Å²) in [4.78, 5) is 12.1. The lowest BCUT2D eigenvalue weighted by Crippen LogP contribution is -2.59. The van der Waals surface area contributed by atoms with E-state index >= 15 is 0 Å². The van der Waals surface area contributed by atoms with Crippen molar-refractivity contribution in [2.24, 2.45) is 0 Å². The molecule has 5 unspecified atom stereocenters. The van der Waals surface area contributed by atoms with Gasteiger partial charge in [0.25, 0.3) is 5.91 Å². The van der Waals surface area contributed by atoms with Crippen molar-refractivity contribution in [2.45, 2.75) is 37.4 Å². The van der Waals surface area contributed by atoms with Gasteiger partial charge in [0, 0.05) is 11.9 Å². The number of aliphatic hydroxyl groups excluding tert-OH is 3. The molecule has 0 bridgehead atoms. The lowest BCUT2D eigenvalue weighted by Gasteiger charge is -2.39. The van der Waals surface area contributed by atoms with Crippen LogP contribution in [0.5, 0.6) is 0 Å². The fourth-order valence-corrected chi connectivity index (χ4v) is 2.68. The summed E-state index contributed by atoms with van der Waals surface area (Å²) < 4.78 is 10.9. The van der Waals surface area contributed by atoms with E-state index in [1.165, 1.54) is 0 Å². The fraction of sp³-hybridized carbons (Fsp3) is 0.438. The highest BCUT2D eigenvalue weighted by Gasteiger charge is 2.41. The number of aliphatic hydroxyl groups is 3. The van der Waals surface area contributed by atoms with E-state index in [0.29, 0.717) is 5.58 Å². The number of furan rings is 1. The van der Waals surface area contributed by atoms with Gasteiger partial charge in [0.05, 0.1) is 6.10 Å². The summed E-state index contributed by atoms with van der Waals surface area (Å²) in [6.07, 6.45) is -5.20. The van der Waals surface area contributed by atoms with Gasteiger partial charge in [0.1, 0.15) is 30.0 Å². The molecule has 1 aliphatic rings. The van der Waals surface area contributed by atoms with Gasteiger partial charge in [0.2, 0.25) is 0 Å². The predicted molar refractivity (Wildman–Crippen MR) is 80.9 cm³/mol. The van der Waals surface area contributed by atoms with E-state index in [1.54, 1.807) is 19.1 Å². The molecule has 0 aliphatic carbocycles. The van der Waals surface area contributed by atoms with Gasteiger partial charge in [-0.2, -0.15) is 0 Å². The predicted octanol–water partition coefficient (Wildman–Crippen LogP) is 0.0326. The van der Waals surface area contributed by atoms with E-state index in [2.05, 4.69) is 5.32 Å². The summed E-state index contributed by atoms with van der Waals surface area (Å²) in [6.45, 7) is 1.58. The number of benzene rings is 1. The number of ether oxygens (including phenoxy) is 1. The topological polar surface area (TPSA) is 112 Å². The summed E-state index contributed by atoms with van der Waals surface area (Å²) >= 11 is 0. The molecular weight excluding hydrogens is 302 g/mol. The largest absolute Gasteiger partial charge is 0.451 e. The molecule has 124 valence electrons. The van der Waals surface area contributed by atoms with E-state index in [1.807, 2.05) is 18.2 Å². The van der Waals surface area contributed by atoms with Crippen molar-refractivity contribution < 1.29 is 29.3 Å². The Kier molecular flexibility index (Phi) is 4.36. The minimum atomic E-state index is -1.31. The molecule has 7 heteroatoms. The molecule has 0 radical (unpaired) electrons. The van der Waals surface area contributed by atoms with Crippen LogP contribution in [-0.2, 0) is 4.74 Å². The van der Waals surface area contributed by atoms with Crippen LogP contribution in [0.3, 0.4) is 0 Å². The SMILES string of the molecule is CC1OC(CNC(=O)c2cc3ccccc3o2)C(O)C(O)C1O. The van der Waals surface area contributed by atoms with Crippen molar-refractivity contribution in [2.75, 3.05) is 6.54 Å². The Morgan fingerprint density at radius 2 is 1.91 bits per heavy atom. The molecule has 1 saturated heterocycles. The standard InChI is InChI=1S/C16H19NO6/c1-8-13(18)15(20)14(19)12(22-8)7-17-16(21)11-6-9-4-2-3-5-10(9)23-11/h2-6,8,12-15,18-20H,7H2,1H3,(H,17,21). The van der Waals surface area contributed by atoms with Gasteiger partial charge in [0.15, 0.2) is 5.76 Å². The van der Waals surface area contributed by atoms with Gasteiger partial charge < -0.3 is 29.8 Å². The Labute approximate surface area is 132 Å². The zero-order valence-electron chi connectivity index (χ0n) is 12.5. The molecule has 1 fully saturated rings. The number of hydrogen-bond donors (Lipinski definition) is 4. The molecule has 0 saturated carbocycles. The van der Waals surface area contributed by atoms with Crippen molar-refractivity contribution in [3.8, 4) is 0 Å². The minimum Gasteiger partial charge on any atom is -0.451 e. The van der Waals surface area contributed by atoms with Crippen LogP contribution in [0.2, 0.25) is 0 Å². The van der Waals surface area contributed by atoms with Gasteiger partial charge in [-0.15, -0.1) is 0 Å². The number of fused-ring (bicyclic) bond motifs is 1. The maximum absolute atomic E-state index is 12.1. The van der Waals surface area contributed by atoms with Crippen LogP contribution >= 0.6 is 0 Å². The lowest BCUT2D eigenvalue weighted by molar-refractivity contribution is -0.214. The molecule has 7 nitrogen and oxygen atoms in total. The number of rotatable bonds is 3. The Balaban J connectivity index is 1.64. The third-order valence-corrected chi connectivity index (χ3v) is 4.06. The Morgan fingerprint density at radius 3 is 2.65 bits per heavy atom. The second-order valence-corrected chi connectivity index (χ2v) is 5.71. The zero-order chi connectivity index (χ0) is 16.6. The normalized spacial score (nSPS) is 31.2. The summed E-state index contributed by atoms with van der Waals surface area (Å²) in [6, 6.07) is 8.89. The minimum absolute atomic E-state index is 0.00876. The summed E-state index contributed by atoms with van der Waals surface area (Å²) in [5.41, 5.74) is 0.610. The van der Waals surface area contributed by atoms with Crippen molar-refractivity contribution in [3.63, 3.8) is 0 Å². The average Bonchev–Trinajstić information content (AvgIpc) is 2.99. The Hall–Kier alpha value is -1.93. The second kappa shape index (κ2) is 6.29. The van der Waals surface area contributed by atoms with Crippen molar-refractivity contribution in [3.05, 3.63) is 36.1 Å². The smallest absolute Gasteiger partial charge is 0.287 e. The number of nitrogens with one attached hydrogen (secondary N) is 1. The molecule has 3 rings (SSSR count). The van der Waals surface area contributed by atoms with Crippen LogP contribution < -0.4 is 5.32 Å². The molecule has 2 heterocycles. The lowest BCUT2D eigenvalue weighted by atomic mass is 9.95. The average molecular weight is 321 g/mol. The highest BCUT2D eigenvalue weighted by atomic mass is 16.5. The van der Waals surface area contributed by atoms with E-state index in [4.69, 9.17) is 9.15 Å². The first-order valence-electron chi connectivity index (χ1n) is 7.44. The molecule has 1 aromatic carbocycles. The molecule has 1 aromatic heterocycles. The third kappa shape index (κ3) is 3.09. The number of carbonyl (C=O) groups is 1. The highest BCUT2D eigenvalue weighted by molar-refractivity contribution is 5.96. The molecule has 4 N–H and O–H groups in total. The number of amides is 1. The van der Waals surface area contributed by atoms with Gasteiger partial charge >= 0.3 is 0 Å². The van der Waals surface area contributed by atoms with Gasteiger partial charge in [-0.25, -0.2) is 0 Å². The quantitative estimate of drug-likeness (QED) is 0.635. The molecule has 23 heavy (non-hydrogen) atoms. The zero-order valence-corrected chi connectivity index (χ0v) is 12.5. The third-order valence-electron chi connectivity index (χ3n) is 4.06. The van der Waals surface area contributed by atoms with Crippen molar-refractivity contribution >= 4 is 16.9 Å². The molecule has 1 aliphatic heterocycles. The van der Waals surface area contributed by atoms with E-state index in [-0.39, 0.29) is 12.3 Å². The van der Waals surface area contributed by atoms with Crippen molar-refractivity contribution in [1.82, 2.24) is 5.32 Å². The maximum Gasteiger partial charge on any atom is 0.287 e. The van der Waals surface area contributed by atoms with Gasteiger partial charge in [-0.1, -0.05) is 18.2 Å². The van der Waals surface area contributed by atoms with Gasteiger partial charge in [-0.3, -0.25) is 4.79 Å². The van der Waals surface area contributed by atoms with Crippen molar-refractivity contribution in [1.29, 1.82) is 0 Å². The van der Waals surface area contributed by atoms with E-state index < -0.39 is 36.4 Å². The van der Waals surface area contributed by atoms with Crippen LogP contribution in [0.15, 0.2) is 34.7 Å². The van der Waals surface area contributed by atoms with Crippen LogP contribution in [0, 0.1) is 0 Å². The first kappa shape index (κ1) is 15.9. The second-order valence-electron chi connectivity index (χ2n) is 5.71. The fourth-order valence-electron chi connectivity index (χ4n) is 2.68. The number of carbonyl (C=O) groups excluding carboxylic acids is 1. The molecular formula is C16H19NO6. The molecule has 5 atom stereocenters. The first-order chi connectivity index (χ1) is 11.0. The van der Waals surface area contributed by atoms with Crippen LogP contribution in [0.1, 0.15) is 17.5 Å². The Bertz CT molecular complexity index is 666. The summed E-state index contributed by atoms with van der Waals surface area (Å²) in [5, 5.41) is 32.7. The Morgan fingerprint density at radius 1 is 1.17 bits per heavy atom. The van der Waals surface area contributed by atoms with Crippen LogP contribution in [-0.4, -0.2) is 58.3 Å². The molecule has 2 aromatic rings.